The minimum absolute atomic E-state index is 0.0197. The lowest BCUT2D eigenvalue weighted by atomic mass is 10.5. The number of carbonyl (C=O) groups is 1. The SMILES string of the molecule is CC(C)S(=O)(=O)CCC=O. The van der Waals surface area contributed by atoms with Crippen LogP contribution in [0.3, 0.4) is 0 Å². The lowest BCUT2D eigenvalue weighted by molar-refractivity contribution is -0.107. The van der Waals surface area contributed by atoms with E-state index in [-0.39, 0.29) is 17.4 Å². The van der Waals surface area contributed by atoms with E-state index in [1.54, 1.807) is 13.8 Å². The number of carbonyl (C=O) groups excluding carboxylic acids is 1. The third kappa shape index (κ3) is 2.96. The Kier molecular flexibility index (Phi) is 3.57. The van der Waals surface area contributed by atoms with E-state index in [1.165, 1.54) is 0 Å². The van der Waals surface area contributed by atoms with Crippen LogP contribution in [0.1, 0.15) is 20.3 Å². The van der Waals surface area contributed by atoms with Crippen molar-refractivity contribution in [3.05, 3.63) is 0 Å². The van der Waals surface area contributed by atoms with Gasteiger partial charge in [-0.3, -0.25) is 0 Å². The molecule has 0 saturated heterocycles. The molecule has 0 atom stereocenters. The Labute approximate surface area is 61.4 Å². The summed E-state index contributed by atoms with van der Waals surface area (Å²) < 4.78 is 21.9. The third-order valence-electron chi connectivity index (χ3n) is 1.24. The molecule has 3 nitrogen and oxygen atoms in total. The highest BCUT2D eigenvalue weighted by molar-refractivity contribution is 7.91. The van der Waals surface area contributed by atoms with Crippen LogP contribution in [0.5, 0.6) is 0 Å². The standard InChI is InChI=1S/C6H12O3S/c1-6(2)10(8,9)5-3-4-7/h4,6H,3,5H2,1-2H3. The zero-order chi connectivity index (χ0) is 8.20. The summed E-state index contributed by atoms with van der Waals surface area (Å²) in [5.74, 6) is -0.0197. The molecule has 60 valence electrons. The van der Waals surface area contributed by atoms with E-state index < -0.39 is 9.84 Å². The van der Waals surface area contributed by atoms with Gasteiger partial charge in [0, 0.05) is 6.42 Å². The van der Waals surface area contributed by atoms with Crippen molar-refractivity contribution in [3.8, 4) is 0 Å². The molecular weight excluding hydrogens is 152 g/mol. The van der Waals surface area contributed by atoms with Gasteiger partial charge in [0.1, 0.15) is 6.29 Å². The minimum atomic E-state index is -2.99. The van der Waals surface area contributed by atoms with Gasteiger partial charge in [-0.2, -0.15) is 0 Å². The molecule has 0 aliphatic rings. The van der Waals surface area contributed by atoms with Gasteiger partial charge in [0.2, 0.25) is 0 Å². The summed E-state index contributed by atoms with van der Waals surface area (Å²) in [5, 5.41) is -0.368. The summed E-state index contributed by atoms with van der Waals surface area (Å²) in [6.45, 7) is 3.22. The summed E-state index contributed by atoms with van der Waals surface area (Å²) in [6.07, 6.45) is 0.737. The van der Waals surface area contributed by atoms with Gasteiger partial charge in [-0.25, -0.2) is 8.42 Å². The van der Waals surface area contributed by atoms with Gasteiger partial charge in [0.05, 0.1) is 11.0 Å². The first kappa shape index (κ1) is 9.62. The predicted molar refractivity (Wildman–Crippen MR) is 39.6 cm³/mol. The highest BCUT2D eigenvalue weighted by Gasteiger charge is 2.14. The number of aldehydes is 1. The maximum atomic E-state index is 10.9. The summed E-state index contributed by atoms with van der Waals surface area (Å²) >= 11 is 0. The molecule has 0 radical (unpaired) electrons. The quantitative estimate of drug-likeness (QED) is 0.565. The highest BCUT2D eigenvalue weighted by Crippen LogP contribution is 2.00. The van der Waals surface area contributed by atoms with Crippen LogP contribution in [0.25, 0.3) is 0 Å². The zero-order valence-electron chi connectivity index (χ0n) is 6.20. The van der Waals surface area contributed by atoms with Crippen LogP contribution in [0.15, 0.2) is 0 Å². The number of sulfone groups is 1. The van der Waals surface area contributed by atoms with Crippen LogP contribution in [0.2, 0.25) is 0 Å². The summed E-state index contributed by atoms with van der Waals surface area (Å²) in [7, 11) is -2.99. The van der Waals surface area contributed by atoms with E-state index in [4.69, 9.17) is 0 Å². The van der Waals surface area contributed by atoms with Gasteiger partial charge in [0.25, 0.3) is 0 Å². The van der Waals surface area contributed by atoms with E-state index in [9.17, 15) is 13.2 Å². The molecule has 0 rings (SSSR count). The Morgan fingerprint density at radius 1 is 1.40 bits per heavy atom. The van der Waals surface area contributed by atoms with Crippen molar-refractivity contribution in [3.63, 3.8) is 0 Å². The molecule has 0 aromatic heterocycles. The molecule has 0 unspecified atom stereocenters. The van der Waals surface area contributed by atoms with Gasteiger partial charge in [-0.1, -0.05) is 0 Å². The second-order valence-corrected chi connectivity index (χ2v) is 5.05. The molecule has 0 aromatic carbocycles. The molecule has 0 aromatic rings. The van der Waals surface area contributed by atoms with Crippen molar-refractivity contribution in [2.24, 2.45) is 0 Å². The Morgan fingerprint density at radius 2 is 1.90 bits per heavy atom. The van der Waals surface area contributed by atoms with Crippen molar-refractivity contribution in [2.45, 2.75) is 25.5 Å². The molecule has 10 heavy (non-hydrogen) atoms. The first-order valence-corrected chi connectivity index (χ1v) is 4.87. The summed E-state index contributed by atoms with van der Waals surface area (Å²) in [4.78, 5) is 9.81. The molecule has 0 aliphatic heterocycles. The van der Waals surface area contributed by atoms with E-state index in [2.05, 4.69) is 0 Å². The van der Waals surface area contributed by atoms with E-state index in [0.717, 1.165) is 0 Å². The number of rotatable bonds is 4. The second kappa shape index (κ2) is 3.71. The first-order valence-electron chi connectivity index (χ1n) is 3.16. The van der Waals surface area contributed by atoms with Crippen LogP contribution in [0, 0.1) is 0 Å². The Bertz CT molecular complexity index is 191. The monoisotopic (exact) mass is 164 g/mol. The Morgan fingerprint density at radius 3 is 2.20 bits per heavy atom. The lowest BCUT2D eigenvalue weighted by Gasteiger charge is -2.03. The smallest absolute Gasteiger partial charge is 0.153 e. The molecule has 0 spiro atoms. The van der Waals surface area contributed by atoms with E-state index in [1.807, 2.05) is 0 Å². The molecule has 0 fully saturated rings. The fourth-order valence-corrected chi connectivity index (χ4v) is 1.34. The molecular formula is C6H12O3S. The Balaban J connectivity index is 4.02. The maximum absolute atomic E-state index is 10.9. The summed E-state index contributed by atoms with van der Waals surface area (Å²) in [6, 6.07) is 0. The van der Waals surface area contributed by atoms with Crippen LogP contribution in [0.4, 0.5) is 0 Å². The maximum Gasteiger partial charge on any atom is 0.153 e. The molecule has 0 saturated carbocycles. The number of hydrogen-bond donors (Lipinski definition) is 0. The molecule has 0 heterocycles. The predicted octanol–water partition coefficient (Wildman–Crippen LogP) is 0.399. The van der Waals surface area contributed by atoms with Crippen molar-refractivity contribution in [1.82, 2.24) is 0 Å². The van der Waals surface area contributed by atoms with E-state index in [0.29, 0.717) is 6.29 Å². The fourth-order valence-electron chi connectivity index (χ4n) is 0.448. The average molecular weight is 164 g/mol. The molecule has 4 heteroatoms. The van der Waals surface area contributed by atoms with Gasteiger partial charge in [-0.05, 0) is 13.8 Å². The van der Waals surface area contributed by atoms with Gasteiger partial charge in [-0.15, -0.1) is 0 Å². The molecule has 0 amide bonds. The fraction of sp³-hybridized carbons (Fsp3) is 0.833. The van der Waals surface area contributed by atoms with Gasteiger partial charge in [0.15, 0.2) is 9.84 Å². The largest absolute Gasteiger partial charge is 0.303 e. The lowest BCUT2D eigenvalue weighted by Crippen LogP contribution is -2.17. The second-order valence-electron chi connectivity index (χ2n) is 2.37. The normalized spacial score (nSPS) is 11.9. The third-order valence-corrected chi connectivity index (χ3v) is 3.48. The topological polar surface area (TPSA) is 51.2 Å². The molecule has 0 bridgehead atoms. The van der Waals surface area contributed by atoms with Crippen LogP contribution < -0.4 is 0 Å². The minimum Gasteiger partial charge on any atom is -0.303 e. The van der Waals surface area contributed by atoms with Crippen molar-refractivity contribution in [1.29, 1.82) is 0 Å². The van der Waals surface area contributed by atoms with Crippen molar-refractivity contribution in [2.75, 3.05) is 5.75 Å². The number of hydrogen-bond acceptors (Lipinski definition) is 3. The molecule has 0 N–H and O–H groups in total. The summed E-state index contributed by atoms with van der Waals surface area (Å²) in [5.41, 5.74) is 0. The Hall–Kier alpha value is -0.380. The van der Waals surface area contributed by atoms with Crippen LogP contribution in [-0.4, -0.2) is 25.7 Å². The van der Waals surface area contributed by atoms with Crippen molar-refractivity contribution >= 4 is 16.1 Å². The van der Waals surface area contributed by atoms with E-state index >= 15 is 0 Å². The van der Waals surface area contributed by atoms with Gasteiger partial charge < -0.3 is 4.79 Å². The van der Waals surface area contributed by atoms with Crippen molar-refractivity contribution < 1.29 is 13.2 Å². The zero-order valence-corrected chi connectivity index (χ0v) is 7.02. The van der Waals surface area contributed by atoms with Gasteiger partial charge >= 0.3 is 0 Å². The van der Waals surface area contributed by atoms with Crippen LogP contribution >= 0.6 is 0 Å². The average Bonchev–Trinajstić information content (AvgIpc) is 1.84. The highest BCUT2D eigenvalue weighted by atomic mass is 32.2. The van der Waals surface area contributed by atoms with Crippen LogP contribution in [-0.2, 0) is 14.6 Å². The molecule has 0 aliphatic carbocycles. The first-order chi connectivity index (χ1) is 4.50.